The third-order valence-corrected chi connectivity index (χ3v) is 3.03. The molecule has 4 nitrogen and oxygen atoms in total. The van der Waals surface area contributed by atoms with Crippen LogP contribution in [0.25, 0.3) is 11.3 Å². The number of aromatic amines is 1. The van der Waals surface area contributed by atoms with Gasteiger partial charge in [0.2, 0.25) is 0 Å². The molecule has 0 aliphatic carbocycles. The Kier molecular flexibility index (Phi) is 2.80. The maximum absolute atomic E-state index is 5.37. The summed E-state index contributed by atoms with van der Waals surface area (Å²) in [6.07, 6.45) is 1.77. The number of H-pyrrole nitrogens is 1. The summed E-state index contributed by atoms with van der Waals surface area (Å²) in [6.45, 7) is 3.56. The number of morpholine rings is 1. The largest absolute Gasteiger partial charge is 0.378 e. The van der Waals surface area contributed by atoms with Gasteiger partial charge in [-0.1, -0.05) is 12.1 Å². The highest BCUT2D eigenvalue weighted by Gasteiger charge is 2.11. The molecule has 1 saturated heterocycles. The fourth-order valence-electron chi connectivity index (χ4n) is 2.11. The molecule has 2 heterocycles. The molecule has 1 N–H and O–H groups in total. The Labute approximate surface area is 100 Å². The Hall–Kier alpha value is -1.81. The molecule has 1 fully saturated rings. The van der Waals surface area contributed by atoms with Crippen LogP contribution in [0.2, 0.25) is 0 Å². The van der Waals surface area contributed by atoms with Crippen LogP contribution in [-0.4, -0.2) is 36.5 Å². The lowest BCUT2D eigenvalue weighted by atomic mass is 10.1. The third kappa shape index (κ3) is 2.17. The third-order valence-electron chi connectivity index (χ3n) is 3.03. The van der Waals surface area contributed by atoms with Crippen LogP contribution >= 0.6 is 0 Å². The highest BCUT2D eigenvalue weighted by Crippen LogP contribution is 2.23. The summed E-state index contributed by atoms with van der Waals surface area (Å²) < 4.78 is 5.37. The second kappa shape index (κ2) is 4.59. The maximum atomic E-state index is 5.37. The SMILES string of the molecule is c1cc(-c2ccn[nH]2)cc(N2CCOCC2)c1. The minimum absolute atomic E-state index is 0.814. The number of benzene rings is 1. The molecule has 0 unspecified atom stereocenters. The Bertz CT molecular complexity index is 475. The van der Waals surface area contributed by atoms with Crippen LogP contribution in [0, 0.1) is 0 Å². The van der Waals surface area contributed by atoms with Crippen molar-refractivity contribution in [1.29, 1.82) is 0 Å². The molecule has 3 rings (SSSR count). The number of anilines is 1. The minimum Gasteiger partial charge on any atom is -0.378 e. The second-order valence-electron chi connectivity index (χ2n) is 4.12. The quantitative estimate of drug-likeness (QED) is 0.855. The van der Waals surface area contributed by atoms with E-state index in [-0.39, 0.29) is 0 Å². The Balaban J connectivity index is 1.88. The van der Waals surface area contributed by atoms with Crippen LogP contribution in [-0.2, 0) is 4.74 Å². The zero-order chi connectivity index (χ0) is 11.5. The fraction of sp³-hybridized carbons (Fsp3) is 0.308. The smallest absolute Gasteiger partial charge is 0.0650 e. The average molecular weight is 229 g/mol. The first kappa shape index (κ1) is 10.4. The van der Waals surface area contributed by atoms with Crippen molar-refractivity contribution in [3.05, 3.63) is 36.5 Å². The predicted molar refractivity (Wildman–Crippen MR) is 67.1 cm³/mol. The van der Waals surface area contributed by atoms with Gasteiger partial charge in [-0.25, -0.2) is 0 Å². The van der Waals surface area contributed by atoms with Gasteiger partial charge in [-0.3, -0.25) is 5.10 Å². The molecular weight excluding hydrogens is 214 g/mol. The summed E-state index contributed by atoms with van der Waals surface area (Å²) in [7, 11) is 0. The number of nitrogens with zero attached hydrogens (tertiary/aromatic N) is 2. The van der Waals surface area contributed by atoms with Crippen LogP contribution in [0.3, 0.4) is 0 Å². The van der Waals surface area contributed by atoms with Crippen molar-refractivity contribution in [1.82, 2.24) is 10.2 Å². The van der Waals surface area contributed by atoms with Crippen molar-refractivity contribution >= 4 is 5.69 Å². The molecule has 0 amide bonds. The van der Waals surface area contributed by atoms with E-state index >= 15 is 0 Å². The molecule has 0 bridgehead atoms. The number of nitrogens with one attached hydrogen (secondary N) is 1. The van der Waals surface area contributed by atoms with Gasteiger partial charge in [0, 0.05) is 30.5 Å². The standard InChI is InChI=1S/C13H15N3O/c1-2-11(13-4-5-14-15-13)10-12(3-1)16-6-8-17-9-7-16/h1-5,10H,6-9H2,(H,14,15). The first-order valence-corrected chi connectivity index (χ1v) is 5.86. The van der Waals surface area contributed by atoms with Gasteiger partial charge >= 0.3 is 0 Å². The molecule has 0 saturated carbocycles. The van der Waals surface area contributed by atoms with Crippen molar-refractivity contribution < 1.29 is 4.74 Å². The second-order valence-corrected chi connectivity index (χ2v) is 4.12. The van der Waals surface area contributed by atoms with Gasteiger partial charge in [-0.05, 0) is 18.2 Å². The normalized spacial score (nSPS) is 16.1. The van der Waals surface area contributed by atoms with Crippen molar-refractivity contribution in [2.45, 2.75) is 0 Å². The molecular formula is C13H15N3O. The molecule has 1 aliphatic rings. The zero-order valence-electron chi connectivity index (χ0n) is 9.60. The fourth-order valence-corrected chi connectivity index (χ4v) is 2.11. The number of hydrogen-bond donors (Lipinski definition) is 1. The molecule has 17 heavy (non-hydrogen) atoms. The topological polar surface area (TPSA) is 41.2 Å². The van der Waals surface area contributed by atoms with E-state index in [1.165, 1.54) is 11.3 Å². The van der Waals surface area contributed by atoms with E-state index in [4.69, 9.17) is 4.74 Å². The zero-order valence-corrected chi connectivity index (χ0v) is 9.60. The molecule has 0 spiro atoms. The lowest BCUT2D eigenvalue weighted by Gasteiger charge is -2.29. The molecule has 1 aromatic carbocycles. The molecule has 1 aromatic heterocycles. The van der Waals surface area contributed by atoms with E-state index in [1.807, 2.05) is 6.07 Å². The van der Waals surface area contributed by atoms with Crippen LogP contribution < -0.4 is 4.90 Å². The van der Waals surface area contributed by atoms with Gasteiger partial charge in [-0.2, -0.15) is 5.10 Å². The molecule has 0 radical (unpaired) electrons. The van der Waals surface area contributed by atoms with Crippen molar-refractivity contribution in [3.63, 3.8) is 0 Å². The lowest BCUT2D eigenvalue weighted by Crippen LogP contribution is -2.36. The monoisotopic (exact) mass is 229 g/mol. The Morgan fingerprint density at radius 2 is 2.06 bits per heavy atom. The predicted octanol–water partition coefficient (Wildman–Crippen LogP) is 1.91. The van der Waals surface area contributed by atoms with Crippen LogP contribution in [0.5, 0.6) is 0 Å². The van der Waals surface area contributed by atoms with Gasteiger partial charge in [0.1, 0.15) is 0 Å². The van der Waals surface area contributed by atoms with Gasteiger partial charge in [0.15, 0.2) is 0 Å². The Morgan fingerprint density at radius 3 is 2.82 bits per heavy atom. The molecule has 0 atom stereocenters. The number of aromatic nitrogens is 2. The van der Waals surface area contributed by atoms with E-state index in [1.54, 1.807) is 6.20 Å². The van der Waals surface area contributed by atoms with Crippen LogP contribution in [0.4, 0.5) is 5.69 Å². The summed E-state index contributed by atoms with van der Waals surface area (Å²) >= 11 is 0. The summed E-state index contributed by atoms with van der Waals surface area (Å²) in [5.74, 6) is 0. The van der Waals surface area contributed by atoms with Crippen molar-refractivity contribution in [2.24, 2.45) is 0 Å². The summed E-state index contributed by atoms with van der Waals surface area (Å²) in [5.41, 5.74) is 3.48. The number of ether oxygens (including phenoxy) is 1. The molecule has 88 valence electrons. The molecule has 2 aromatic rings. The van der Waals surface area contributed by atoms with Gasteiger partial charge < -0.3 is 9.64 Å². The van der Waals surface area contributed by atoms with E-state index < -0.39 is 0 Å². The van der Waals surface area contributed by atoms with E-state index in [0.29, 0.717) is 0 Å². The molecule has 4 heteroatoms. The number of hydrogen-bond acceptors (Lipinski definition) is 3. The van der Waals surface area contributed by atoms with E-state index in [9.17, 15) is 0 Å². The highest BCUT2D eigenvalue weighted by molar-refractivity contribution is 5.65. The number of rotatable bonds is 2. The van der Waals surface area contributed by atoms with Crippen molar-refractivity contribution in [3.8, 4) is 11.3 Å². The summed E-state index contributed by atoms with van der Waals surface area (Å²) in [4.78, 5) is 2.35. The van der Waals surface area contributed by atoms with E-state index in [2.05, 4.69) is 39.4 Å². The first-order valence-electron chi connectivity index (χ1n) is 5.86. The van der Waals surface area contributed by atoms with Gasteiger partial charge in [-0.15, -0.1) is 0 Å². The highest BCUT2D eigenvalue weighted by atomic mass is 16.5. The van der Waals surface area contributed by atoms with Crippen molar-refractivity contribution in [2.75, 3.05) is 31.2 Å². The summed E-state index contributed by atoms with van der Waals surface area (Å²) in [5, 5.41) is 6.97. The van der Waals surface area contributed by atoms with Gasteiger partial charge in [0.05, 0.1) is 18.9 Å². The summed E-state index contributed by atoms with van der Waals surface area (Å²) in [6, 6.07) is 10.5. The van der Waals surface area contributed by atoms with Gasteiger partial charge in [0.25, 0.3) is 0 Å². The van der Waals surface area contributed by atoms with E-state index in [0.717, 1.165) is 32.0 Å². The molecule has 1 aliphatic heterocycles. The van der Waals surface area contributed by atoms with Crippen LogP contribution in [0.15, 0.2) is 36.5 Å². The Morgan fingerprint density at radius 1 is 1.18 bits per heavy atom. The van der Waals surface area contributed by atoms with Crippen LogP contribution in [0.1, 0.15) is 0 Å². The minimum atomic E-state index is 0.814. The average Bonchev–Trinajstić information content (AvgIpc) is 2.94. The lowest BCUT2D eigenvalue weighted by molar-refractivity contribution is 0.122. The first-order chi connectivity index (χ1) is 8.43. The maximum Gasteiger partial charge on any atom is 0.0650 e.